The number of ether oxygens (including phenoxy) is 2. The van der Waals surface area contributed by atoms with Gasteiger partial charge in [0.05, 0.1) is 17.9 Å². The quantitative estimate of drug-likeness (QED) is 0.783. The fraction of sp³-hybridized carbons (Fsp3) is 0.440. The van der Waals surface area contributed by atoms with Gasteiger partial charge in [-0.3, -0.25) is 9.79 Å². The van der Waals surface area contributed by atoms with Crippen molar-refractivity contribution >= 4 is 17.3 Å². The molecule has 2 aliphatic heterocycles. The van der Waals surface area contributed by atoms with Crippen LogP contribution in [0.25, 0.3) is 0 Å². The van der Waals surface area contributed by atoms with Crippen LogP contribution in [0.1, 0.15) is 63.8 Å². The normalized spacial score (nSPS) is 18.0. The summed E-state index contributed by atoms with van der Waals surface area (Å²) in [4.78, 5) is 16.5. The third kappa shape index (κ3) is 3.81. The van der Waals surface area contributed by atoms with Crippen molar-refractivity contribution in [1.29, 1.82) is 0 Å². The van der Waals surface area contributed by atoms with E-state index in [1.54, 1.807) is 0 Å². The van der Waals surface area contributed by atoms with E-state index < -0.39 is 0 Å². The number of carbonyl (C=O) groups is 1. The molecule has 0 radical (unpaired) electrons. The molecule has 0 aromatic heterocycles. The summed E-state index contributed by atoms with van der Waals surface area (Å²) in [6, 6.07) is 10.0. The number of benzene rings is 2. The Kier molecular flexibility index (Phi) is 4.88. The van der Waals surface area contributed by atoms with Crippen LogP contribution in [0.2, 0.25) is 0 Å². The molecule has 5 heteroatoms. The lowest BCUT2D eigenvalue weighted by Crippen LogP contribution is -2.30. The molecule has 2 aromatic rings. The number of hydrogen-bond donors (Lipinski definition) is 1. The zero-order chi connectivity index (χ0) is 21.7. The summed E-state index contributed by atoms with van der Waals surface area (Å²) in [5, 5.41) is 2.83. The van der Waals surface area contributed by atoms with E-state index in [1.165, 1.54) is 23.6 Å². The first kappa shape index (κ1) is 20.5. The van der Waals surface area contributed by atoms with Gasteiger partial charge < -0.3 is 14.8 Å². The van der Waals surface area contributed by atoms with Crippen molar-refractivity contribution in [2.24, 2.45) is 4.99 Å². The minimum Gasteiger partial charge on any atom is -0.490 e. The van der Waals surface area contributed by atoms with Crippen molar-refractivity contribution in [3.8, 4) is 11.5 Å². The number of rotatable bonds is 4. The van der Waals surface area contributed by atoms with Crippen LogP contribution in [0.3, 0.4) is 0 Å². The van der Waals surface area contributed by atoms with Gasteiger partial charge in [-0.05, 0) is 64.8 Å². The van der Waals surface area contributed by atoms with E-state index >= 15 is 0 Å². The summed E-state index contributed by atoms with van der Waals surface area (Å²) in [7, 11) is 0. The molecule has 5 nitrogen and oxygen atoms in total. The lowest BCUT2D eigenvalue weighted by Gasteiger charge is -2.31. The Hall–Kier alpha value is -2.82. The van der Waals surface area contributed by atoms with Crippen molar-refractivity contribution in [3.05, 3.63) is 52.6 Å². The molecular weight excluding hydrogens is 376 g/mol. The van der Waals surface area contributed by atoms with Gasteiger partial charge in [0.2, 0.25) is 5.91 Å². The van der Waals surface area contributed by atoms with Gasteiger partial charge in [-0.1, -0.05) is 12.1 Å². The number of aliphatic imine (C=N–C) groups is 1. The minimum atomic E-state index is -0.281. The van der Waals surface area contributed by atoms with Crippen molar-refractivity contribution in [1.82, 2.24) is 0 Å². The molecule has 4 rings (SSSR count). The van der Waals surface area contributed by atoms with Gasteiger partial charge in [0.25, 0.3) is 0 Å². The van der Waals surface area contributed by atoms with Crippen molar-refractivity contribution < 1.29 is 14.3 Å². The summed E-state index contributed by atoms with van der Waals surface area (Å²) >= 11 is 0. The molecule has 0 spiro atoms. The predicted octanol–water partition coefficient (Wildman–Crippen LogP) is 4.93. The molecule has 0 atom stereocenters. The smallest absolute Gasteiger partial charge is 0.221 e. The first-order valence-electron chi connectivity index (χ1n) is 10.6. The van der Waals surface area contributed by atoms with Crippen LogP contribution < -0.4 is 14.8 Å². The Morgan fingerprint density at radius 1 is 1.17 bits per heavy atom. The topological polar surface area (TPSA) is 59.9 Å². The van der Waals surface area contributed by atoms with E-state index in [2.05, 4.69) is 39.1 Å². The number of fused-ring (bicyclic) bond motifs is 3. The lowest BCUT2D eigenvalue weighted by molar-refractivity contribution is -0.114. The van der Waals surface area contributed by atoms with Crippen LogP contribution in [0, 0.1) is 0 Å². The molecular formula is C25H30N2O3. The van der Waals surface area contributed by atoms with E-state index in [0.29, 0.717) is 6.61 Å². The zero-order valence-corrected chi connectivity index (χ0v) is 18.7. The minimum absolute atomic E-state index is 0.0788. The van der Waals surface area contributed by atoms with Crippen molar-refractivity contribution in [3.63, 3.8) is 0 Å². The van der Waals surface area contributed by atoms with Crippen LogP contribution >= 0.6 is 0 Å². The van der Waals surface area contributed by atoms with Crippen molar-refractivity contribution in [2.75, 3.05) is 11.9 Å². The maximum absolute atomic E-state index is 11.4. The van der Waals surface area contributed by atoms with Gasteiger partial charge in [0, 0.05) is 35.7 Å². The molecule has 0 aliphatic carbocycles. The second-order valence-electron chi connectivity index (χ2n) is 9.40. The Labute approximate surface area is 178 Å². The molecule has 0 fully saturated rings. The van der Waals surface area contributed by atoms with Crippen LogP contribution in [0.15, 0.2) is 35.3 Å². The third-order valence-corrected chi connectivity index (χ3v) is 5.46. The average Bonchev–Trinajstić information content (AvgIpc) is 2.96. The fourth-order valence-electron chi connectivity index (χ4n) is 4.46. The second-order valence-corrected chi connectivity index (χ2v) is 9.40. The fourth-order valence-corrected chi connectivity index (χ4v) is 4.46. The standard InChI is InChI=1S/C25H30N2O3/c1-7-29-20-12-17-13-24(3,4)27-22(16-8-10-18(11-9-16)26-15(2)28)21(17)19-14-25(5,6)30-23(19)20/h8-12H,7,13-14H2,1-6H3,(H,26,28). The number of amides is 1. The maximum atomic E-state index is 11.4. The summed E-state index contributed by atoms with van der Waals surface area (Å²) in [5.74, 6) is 1.60. The number of nitrogens with one attached hydrogen (secondary N) is 1. The maximum Gasteiger partial charge on any atom is 0.221 e. The zero-order valence-electron chi connectivity index (χ0n) is 18.7. The number of hydrogen-bond acceptors (Lipinski definition) is 4. The summed E-state index contributed by atoms with van der Waals surface area (Å²) in [5.41, 5.74) is 5.90. The number of anilines is 1. The molecule has 30 heavy (non-hydrogen) atoms. The average molecular weight is 407 g/mol. The van der Waals surface area contributed by atoms with Gasteiger partial charge in [0.15, 0.2) is 11.5 Å². The van der Waals surface area contributed by atoms with Crippen molar-refractivity contribution in [2.45, 2.75) is 65.5 Å². The first-order valence-corrected chi connectivity index (χ1v) is 10.6. The van der Waals surface area contributed by atoms with E-state index in [4.69, 9.17) is 14.5 Å². The molecule has 1 N–H and O–H groups in total. The Morgan fingerprint density at radius 3 is 2.50 bits per heavy atom. The SMILES string of the molecule is CCOc1cc2c(c3c1OC(C)(C)C3)C(c1ccc(NC(C)=O)cc1)=NC(C)(C)C2. The molecule has 2 heterocycles. The van der Waals surface area contributed by atoms with Gasteiger partial charge in [-0.2, -0.15) is 0 Å². The van der Waals surface area contributed by atoms with Gasteiger partial charge in [-0.25, -0.2) is 0 Å². The second kappa shape index (κ2) is 7.15. The third-order valence-electron chi connectivity index (χ3n) is 5.46. The first-order chi connectivity index (χ1) is 14.1. The molecule has 0 unspecified atom stereocenters. The number of carbonyl (C=O) groups excluding carboxylic acids is 1. The molecule has 1 amide bonds. The van der Waals surface area contributed by atoms with Crippen LogP contribution in [0.5, 0.6) is 11.5 Å². The molecule has 158 valence electrons. The van der Waals surface area contributed by atoms with E-state index in [-0.39, 0.29) is 17.0 Å². The molecule has 0 saturated heterocycles. The highest BCUT2D eigenvalue weighted by Gasteiger charge is 2.39. The monoisotopic (exact) mass is 406 g/mol. The molecule has 0 bridgehead atoms. The highest BCUT2D eigenvalue weighted by Crippen LogP contribution is 2.48. The highest BCUT2D eigenvalue weighted by atomic mass is 16.5. The highest BCUT2D eigenvalue weighted by molar-refractivity contribution is 6.16. The lowest BCUT2D eigenvalue weighted by atomic mass is 9.81. The molecule has 2 aromatic carbocycles. The Bertz CT molecular complexity index is 1030. The molecule has 0 saturated carbocycles. The Morgan fingerprint density at radius 2 is 1.87 bits per heavy atom. The summed E-state index contributed by atoms with van der Waals surface area (Å²) in [6.45, 7) is 12.7. The van der Waals surface area contributed by atoms with Crippen LogP contribution in [-0.4, -0.2) is 29.4 Å². The molecule has 2 aliphatic rings. The largest absolute Gasteiger partial charge is 0.490 e. The van der Waals surface area contributed by atoms with Gasteiger partial charge in [0.1, 0.15) is 5.60 Å². The summed E-state index contributed by atoms with van der Waals surface area (Å²) in [6.07, 6.45) is 1.67. The van der Waals surface area contributed by atoms with Crippen LogP contribution in [0.4, 0.5) is 5.69 Å². The number of nitrogens with zero attached hydrogens (tertiary/aromatic N) is 1. The van der Waals surface area contributed by atoms with Gasteiger partial charge in [-0.15, -0.1) is 0 Å². The Balaban J connectivity index is 1.87. The summed E-state index contributed by atoms with van der Waals surface area (Å²) < 4.78 is 12.3. The predicted molar refractivity (Wildman–Crippen MR) is 120 cm³/mol. The van der Waals surface area contributed by atoms with E-state index in [1.807, 2.05) is 31.2 Å². The van der Waals surface area contributed by atoms with Gasteiger partial charge >= 0.3 is 0 Å². The van der Waals surface area contributed by atoms with Crippen LogP contribution in [-0.2, 0) is 17.6 Å². The van der Waals surface area contributed by atoms with E-state index in [9.17, 15) is 4.79 Å². The van der Waals surface area contributed by atoms with E-state index in [0.717, 1.165) is 41.3 Å².